The first kappa shape index (κ1) is 12.4. The third kappa shape index (κ3) is 2.80. The maximum atomic E-state index is 10.9. The van der Waals surface area contributed by atoms with Crippen LogP contribution in [0.2, 0.25) is 0 Å². The topological polar surface area (TPSA) is 88.0 Å². The molecule has 18 heavy (non-hydrogen) atoms. The number of nitrogens with zero attached hydrogens (tertiary/aromatic N) is 3. The summed E-state index contributed by atoms with van der Waals surface area (Å²) in [7, 11) is 0. The molecule has 0 fully saturated rings. The third-order valence-electron chi connectivity index (χ3n) is 2.25. The van der Waals surface area contributed by atoms with E-state index in [2.05, 4.69) is 20.3 Å². The Balaban J connectivity index is 2.06. The second kappa shape index (κ2) is 5.09. The minimum Gasteiger partial charge on any atom is -0.477 e. The van der Waals surface area contributed by atoms with Crippen LogP contribution < -0.4 is 5.32 Å². The molecule has 94 valence electrons. The van der Waals surface area contributed by atoms with Gasteiger partial charge in [0.1, 0.15) is 10.7 Å². The zero-order chi connectivity index (χ0) is 13.1. The number of thiazole rings is 1. The van der Waals surface area contributed by atoms with Crippen molar-refractivity contribution in [2.24, 2.45) is 0 Å². The van der Waals surface area contributed by atoms with Crippen LogP contribution in [0.25, 0.3) is 0 Å². The van der Waals surface area contributed by atoms with Crippen LogP contribution in [0.5, 0.6) is 0 Å². The van der Waals surface area contributed by atoms with Gasteiger partial charge in [-0.1, -0.05) is 11.3 Å². The van der Waals surface area contributed by atoms with E-state index >= 15 is 0 Å². The van der Waals surface area contributed by atoms with E-state index < -0.39 is 5.97 Å². The molecule has 0 aliphatic carbocycles. The number of carboxylic acids is 1. The quantitative estimate of drug-likeness (QED) is 0.876. The molecule has 0 aliphatic rings. The molecule has 0 atom stereocenters. The van der Waals surface area contributed by atoms with Crippen LogP contribution in [-0.2, 0) is 6.54 Å². The van der Waals surface area contributed by atoms with Crippen LogP contribution in [0.4, 0.5) is 5.13 Å². The van der Waals surface area contributed by atoms with Gasteiger partial charge >= 0.3 is 5.97 Å². The van der Waals surface area contributed by atoms with Crippen molar-refractivity contribution in [2.75, 3.05) is 5.32 Å². The summed E-state index contributed by atoms with van der Waals surface area (Å²) in [6.07, 6.45) is 1.69. The summed E-state index contributed by atoms with van der Waals surface area (Å²) in [5.74, 6) is -0.244. The molecule has 2 heterocycles. The van der Waals surface area contributed by atoms with E-state index in [4.69, 9.17) is 5.11 Å². The van der Waals surface area contributed by atoms with Gasteiger partial charge < -0.3 is 10.4 Å². The predicted molar refractivity (Wildman–Crippen MR) is 67.9 cm³/mol. The van der Waals surface area contributed by atoms with Crippen LogP contribution in [0.3, 0.4) is 0 Å². The van der Waals surface area contributed by atoms with Crippen molar-refractivity contribution in [3.8, 4) is 0 Å². The zero-order valence-electron chi connectivity index (χ0n) is 9.97. The molecule has 0 radical (unpaired) electrons. The lowest BCUT2D eigenvalue weighted by Gasteiger charge is -2.02. The van der Waals surface area contributed by atoms with Gasteiger partial charge in [0.25, 0.3) is 0 Å². The Morgan fingerprint density at radius 2 is 2.22 bits per heavy atom. The first-order chi connectivity index (χ1) is 8.56. The van der Waals surface area contributed by atoms with Gasteiger partial charge in [0.05, 0.1) is 17.9 Å². The molecule has 7 heteroatoms. The Bertz CT molecular complexity index is 582. The van der Waals surface area contributed by atoms with Crippen LogP contribution in [0.15, 0.2) is 12.3 Å². The predicted octanol–water partition coefficient (Wildman–Crippen LogP) is 1.86. The van der Waals surface area contributed by atoms with Gasteiger partial charge in [-0.25, -0.2) is 19.7 Å². The molecule has 0 spiro atoms. The second-order valence-corrected chi connectivity index (χ2v) is 4.69. The van der Waals surface area contributed by atoms with Crippen molar-refractivity contribution in [3.63, 3.8) is 0 Å². The van der Waals surface area contributed by atoms with E-state index in [0.29, 0.717) is 23.2 Å². The molecule has 2 aromatic heterocycles. The second-order valence-electron chi connectivity index (χ2n) is 3.69. The number of aryl methyl sites for hydroxylation is 2. The van der Waals surface area contributed by atoms with Crippen LogP contribution in [0.1, 0.15) is 26.9 Å². The summed E-state index contributed by atoms with van der Waals surface area (Å²) in [5.41, 5.74) is 1.36. The molecule has 0 unspecified atom stereocenters. The lowest BCUT2D eigenvalue weighted by Crippen LogP contribution is -2.02. The largest absolute Gasteiger partial charge is 0.477 e. The first-order valence-corrected chi connectivity index (χ1v) is 6.11. The fourth-order valence-corrected chi connectivity index (χ4v) is 2.24. The average molecular weight is 264 g/mol. The van der Waals surface area contributed by atoms with Crippen molar-refractivity contribution >= 4 is 22.4 Å². The number of aromatic carboxylic acids is 1. The summed E-state index contributed by atoms with van der Waals surface area (Å²) in [6, 6.07) is 1.80. The zero-order valence-corrected chi connectivity index (χ0v) is 10.8. The highest BCUT2D eigenvalue weighted by Gasteiger charge is 2.13. The third-order valence-corrected chi connectivity index (χ3v) is 3.35. The summed E-state index contributed by atoms with van der Waals surface area (Å²) in [6.45, 7) is 3.99. The number of rotatable bonds is 4. The van der Waals surface area contributed by atoms with Gasteiger partial charge in [-0.05, 0) is 19.9 Å². The first-order valence-electron chi connectivity index (χ1n) is 5.29. The molecule has 0 saturated heterocycles. The standard InChI is InChI=1S/C11H12N4O2S/c1-6-9(10(16)17)18-11(14-6)13-5-8-3-4-12-7(2)15-8/h3-4H,5H2,1-2H3,(H,13,14)(H,16,17). The number of carbonyl (C=O) groups is 1. The fourth-order valence-electron chi connectivity index (χ4n) is 1.44. The molecule has 0 bridgehead atoms. The molecule has 0 saturated carbocycles. The highest BCUT2D eigenvalue weighted by molar-refractivity contribution is 7.17. The van der Waals surface area contributed by atoms with Crippen molar-refractivity contribution in [1.82, 2.24) is 15.0 Å². The summed E-state index contributed by atoms with van der Waals surface area (Å²) >= 11 is 1.13. The van der Waals surface area contributed by atoms with E-state index in [-0.39, 0.29) is 4.88 Å². The molecule has 0 aliphatic heterocycles. The fraction of sp³-hybridized carbons (Fsp3) is 0.273. The lowest BCUT2D eigenvalue weighted by molar-refractivity contribution is 0.0701. The summed E-state index contributed by atoms with van der Waals surface area (Å²) in [4.78, 5) is 23.5. The molecule has 0 amide bonds. The van der Waals surface area contributed by atoms with Crippen molar-refractivity contribution < 1.29 is 9.90 Å². The summed E-state index contributed by atoms with van der Waals surface area (Å²) in [5, 5.41) is 12.6. The molecule has 2 N–H and O–H groups in total. The molecular formula is C11H12N4O2S. The number of carboxylic acid groups (broad SMARTS) is 1. The van der Waals surface area contributed by atoms with E-state index in [1.165, 1.54) is 0 Å². The number of hydrogen-bond donors (Lipinski definition) is 2. The smallest absolute Gasteiger partial charge is 0.347 e. The number of aromatic nitrogens is 3. The van der Waals surface area contributed by atoms with Gasteiger partial charge in [-0.2, -0.15) is 0 Å². The normalized spacial score (nSPS) is 10.3. The van der Waals surface area contributed by atoms with Gasteiger partial charge in [-0.15, -0.1) is 0 Å². The Hall–Kier alpha value is -2.02. The highest BCUT2D eigenvalue weighted by Crippen LogP contribution is 2.22. The number of anilines is 1. The summed E-state index contributed by atoms with van der Waals surface area (Å²) < 4.78 is 0. The Labute approximate surface area is 108 Å². The molecule has 2 rings (SSSR count). The number of nitrogens with one attached hydrogen (secondary N) is 1. The van der Waals surface area contributed by atoms with Crippen LogP contribution in [0, 0.1) is 13.8 Å². The minimum absolute atomic E-state index is 0.261. The Kier molecular flexibility index (Phi) is 3.52. The van der Waals surface area contributed by atoms with Crippen molar-refractivity contribution in [2.45, 2.75) is 20.4 Å². The van der Waals surface area contributed by atoms with Crippen molar-refractivity contribution in [1.29, 1.82) is 0 Å². The highest BCUT2D eigenvalue weighted by atomic mass is 32.1. The molecule has 2 aromatic rings. The molecular weight excluding hydrogens is 252 g/mol. The van der Waals surface area contributed by atoms with Crippen molar-refractivity contribution in [3.05, 3.63) is 34.4 Å². The van der Waals surface area contributed by atoms with E-state index in [1.54, 1.807) is 19.2 Å². The monoisotopic (exact) mass is 264 g/mol. The van der Waals surface area contributed by atoms with Gasteiger partial charge in [0.15, 0.2) is 5.13 Å². The van der Waals surface area contributed by atoms with Gasteiger partial charge in [0, 0.05) is 6.20 Å². The number of hydrogen-bond acceptors (Lipinski definition) is 6. The average Bonchev–Trinajstić information content (AvgIpc) is 2.68. The Morgan fingerprint density at radius 1 is 1.44 bits per heavy atom. The minimum atomic E-state index is -0.948. The van der Waals surface area contributed by atoms with Gasteiger partial charge in [0.2, 0.25) is 0 Å². The van der Waals surface area contributed by atoms with E-state index in [0.717, 1.165) is 17.0 Å². The maximum absolute atomic E-state index is 10.9. The lowest BCUT2D eigenvalue weighted by atomic mass is 10.4. The van der Waals surface area contributed by atoms with Crippen LogP contribution in [-0.4, -0.2) is 26.0 Å². The molecule has 6 nitrogen and oxygen atoms in total. The SMILES string of the molecule is Cc1nccc(CNc2nc(C)c(C(=O)O)s2)n1. The van der Waals surface area contributed by atoms with Gasteiger partial charge in [-0.3, -0.25) is 0 Å². The van der Waals surface area contributed by atoms with Crippen LogP contribution >= 0.6 is 11.3 Å². The van der Waals surface area contributed by atoms with E-state index in [9.17, 15) is 4.79 Å². The van der Waals surface area contributed by atoms with E-state index in [1.807, 2.05) is 6.92 Å². The Morgan fingerprint density at radius 3 is 2.83 bits per heavy atom. The molecule has 0 aromatic carbocycles. The maximum Gasteiger partial charge on any atom is 0.347 e.